The van der Waals surface area contributed by atoms with E-state index in [1.54, 1.807) is 0 Å². The molecule has 0 atom stereocenters. The minimum atomic E-state index is -0.560. The van der Waals surface area contributed by atoms with E-state index in [-0.39, 0.29) is 0 Å². The van der Waals surface area contributed by atoms with E-state index in [1.807, 2.05) is 12.1 Å². The highest BCUT2D eigenvalue weighted by Crippen LogP contribution is 2.60. The zero-order valence-electron chi connectivity index (χ0n) is 36.9. The lowest BCUT2D eigenvalue weighted by Crippen LogP contribution is -2.28. The molecule has 1 aliphatic carbocycles. The molecule has 0 saturated carbocycles. The van der Waals surface area contributed by atoms with E-state index >= 15 is 0 Å². The SMILES string of the molecule is c1ccc(C2(c3ccccc3)c3ccccc3-c3c(N(c4ccc(-c5cccc6oc7ccccc7c56)cc4)c4ccccc4-c4cccc5oc6cc7ccccc7cc6c45)cccc32)cc1. The Morgan fingerprint density at radius 3 is 1.62 bits per heavy atom. The molecule has 1 aliphatic rings. The first-order chi connectivity index (χ1) is 33.7. The van der Waals surface area contributed by atoms with Gasteiger partial charge in [0, 0.05) is 38.4 Å². The zero-order valence-corrected chi connectivity index (χ0v) is 36.9. The number of benzene rings is 11. The van der Waals surface area contributed by atoms with E-state index in [2.05, 4.69) is 241 Å². The summed E-state index contributed by atoms with van der Waals surface area (Å²) in [7, 11) is 0. The lowest BCUT2D eigenvalue weighted by atomic mass is 9.68. The van der Waals surface area contributed by atoms with Gasteiger partial charge < -0.3 is 13.7 Å². The van der Waals surface area contributed by atoms with Crippen LogP contribution in [-0.2, 0) is 5.41 Å². The van der Waals surface area contributed by atoms with Crippen molar-refractivity contribution in [3.63, 3.8) is 0 Å². The fraction of sp³-hybridized carbons (Fsp3) is 0.0154. The first-order valence-electron chi connectivity index (χ1n) is 23.3. The molecular weight excluding hydrogens is 827 g/mol. The normalized spacial score (nSPS) is 12.8. The molecule has 0 spiro atoms. The summed E-state index contributed by atoms with van der Waals surface area (Å²) in [6.07, 6.45) is 0. The van der Waals surface area contributed by atoms with E-state index in [1.165, 1.54) is 38.8 Å². The fourth-order valence-electron chi connectivity index (χ4n) is 11.5. The van der Waals surface area contributed by atoms with Crippen LogP contribution in [0.25, 0.3) is 88.0 Å². The molecule has 14 rings (SSSR count). The standard InChI is InChI=1S/C65H41NO2/c1-3-20-45(21-4-1)65(46-22-5-2-6-23-46)54-29-12-9-25-51(54)64-55(65)30-17-32-57(64)66(47-38-36-42(37-39-47)48-27-15-34-59-62(48)52-26-11-14-33-58(52)67-59)56-31-13-10-24-49(56)50-28-16-35-60-63(50)53-40-43-18-7-8-19-44(43)41-61(53)68-60/h1-41H. The number of para-hydroxylation sites is 2. The summed E-state index contributed by atoms with van der Waals surface area (Å²) in [6, 6.07) is 90.2. The average Bonchev–Trinajstić information content (AvgIpc) is 4.07. The summed E-state index contributed by atoms with van der Waals surface area (Å²) in [5, 5.41) is 6.80. The van der Waals surface area contributed by atoms with Gasteiger partial charge in [0.05, 0.1) is 16.8 Å². The van der Waals surface area contributed by atoms with Gasteiger partial charge in [0.1, 0.15) is 22.3 Å². The molecule has 0 fully saturated rings. The smallest absolute Gasteiger partial charge is 0.136 e. The first-order valence-corrected chi connectivity index (χ1v) is 23.3. The molecule has 3 nitrogen and oxygen atoms in total. The van der Waals surface area contributed by atoms with Gasteiger partial charge in [-0.15, -0.1) is 0 Å². The molecule has 2 heterocycles. The largest absolute Gasteiger partial charge is 0.456 e. The lowest BCUT2D eigenvalue weighted by molar-refractivity contribution is 0.669. The molecule has 0 aliphatic heterocycles. The van der Waals surface area contributed by atoms with Gasteiger partial charge in [0.15, 0.2) is 0 Å². The molecule has 2 aromatic heterocycles. The Hall–Kier alpha value is -8.92. The fourth-order valence-corrected chi connectivity index (χ4v) is 11.5. The van der Waals surface area contributed by atoms with Crippen molar-refractivity contribution in [2.75, 3.05) is 4.90 Å². The number of furan rings is 2. The summed E-state index contributed by atoms with van der Waals surface area (Å²) < 4.78 is 13.0. The van der Waals surface area contributed by atoms with Gasteiger partial charge in [-0.05, 0) is 110 Å². The molecule has 318 valence electrons. The highest BCUT2D eigenvalue weighted by atomic mass is 16.3. The van der Waals surface area contributed by atoms with Crippen molar-refractivity contribution in [1.29, 1.82) is 0 Å². The van der Waals surface area contributed by atoms with Crippen molar-refractivity contribution in [3.8, 4) is 33.4 Å². The third kappa shape index (κ3) is 5.60. The molecule has 13 aromatic rings. The second kappa shape index (κ2) is 15.1. The van der Waals surface area contributed by atoms with Crippen LogP contribution in [0.4, 0.5) is 17.1 Å². The molecule has 0 unspecified atom stereocenters. The maximum Gasteiger partial charge on any atom is 0.136 e. The van der Waals surface area contributed by atoms with E-state index in [4.69, 9.17) is 8.83 Å². The molecule has 0 saturated heterocycles. The van der Waals surface area contributed by atoms with Crippen LogP contribution >= 0.6 is 0 Å². The summed E-state index contributed by atoms with van der Waals surface area (Å²) in [5.74, 6) is 0. The van der Waals surface area contributed by atoms with Crippen molar-refractivity contribution in [2.24, 2.45) is 0 Å². The van der Waals surface area contributed by atoms with Crippen molar-refractivity contribution in [3.05, 3.63) is 271 Å². The Kier molecular flexibility index (Phi) is 8.50. The predicted octanol–water partition coefficient (Wildman–Crippen LogP) is 17.8. The second-order valence-corrected chi connectivity index (χ2v) is 17.9. The van der Waals surface area contributed by atoms with E-state index < -0.39 is 5.41 Å². The summed E-state index contributed by atoms with van der Waals surface area (Å²) >= 11 is 0. The maximum absolute atomic E-state index is 6.69. The van der Waals surface area contributed by atoms with Crippen LogP contribution in [-0.4, -0.2) is 0 Å². The minimum absolute atomic E-state index is 0.560. The summed E-state index contributed by atoms with van der Waals surface area (Å²) in [5.41, 5.74) is 18.1. The Morgan fingerprint density at radius 1 is 0.324 bits per heavy atom. The number of rotatable bonds is 7. The minimum Gasteiger partial charge on any atom is -0.456 e. The number of anilines is 3. The highest BCUT2D eigenvalue weighted by molar-refractivity contribution is 6.17. The number of hydrogen-bond donors (Lipinski definition) is 0. The van der Waals surface area contributed by atoms with Gasteiger partial charge in [0.25, 0.3) is 0 Å². The molecule has 68 heavy (non-hydrogen) atoms. The van der Waals surface area contributed by atoms with Crippen molar-refractivity contribution in [2.45, 2.75) is 5.41 Å². The Bertz CT molecular complexity index is 4050. The van der Waals surface area contributed by atoms with E-state index in [0.29, 0.717) is 0 Å². The summed E-state index contributed by atoms with van der Waals surface area (Å²) in [4.78, 5) is 2.49. The highest BCUT2D eigenvalue weighted by Gasteiger charge is 2.47. The number of fused-ring (bicyclic) bond motifs is 10. The van der Waals surface area contributed by atoms with Crippen molar-refractivity contribution >= 4 is 71.7 Å². The average molecular weight is 868 g/mol. The molecule has 0 amide bonds. The third-order valence-corrected chi connectivity index (χ3v) is 14.3. The second-order valence-electron chi connectivity index (χ2n) is 17.9. The molecule has 11 aromatic carbocycles. The van der Waals surface area contributed by atoms with Gasteiger partial charge in [-0.3, -0.25) is 0 Å². The maximum atomic E-state index is 6.69. The number of nitrogens with zero attached hydrogens (tertiary/aromatic N) is 1. The zero-order chi connectivity index (χ0) is 44.8. The third-order valence-electron chi connectivity index (χ3n) is 14.3. The van der Waals surface area contributed by atoms with Gasteiger partial charge in [-0.2, -0.15) is 0 Å². The lowest BCUT2D eigenvalue weighted by Gasteiger charge is -2.34. The van der Waals surface area contributed by atoms with Crippen molar-refractivity contribution < 1.29 is 8.83 Å². The topological polar surface area (TPSA) is 29.5 Å². The molecule has 0 bridgehead atoms. The molecule has 0 N–H and O–H groups in total. The molecule has 0 radical (unpaired) electrons. The predicted molar refractivity (Wildman–Crippen MR) is 281 cm³/mol. The first kappa shape index (κ1) is 38.4. The Morgan fingerprint density at radius 2 is 0.853 bits per heavy atom. The van der Waals surface area contributed by atoms with Gasteiger partial charge in [-0.25, -0.2) is 0 Å². The number of hydrogen-bond acceptors (Lipinski definition) is 3. The Labute approximate surface area is 393 Å². The van der Waals surface area contributed by atoms with Crippen LogP contribution in [0.3, 0.4) is 0 Å². The molecule has 3 heteroatoms. The van der Waals surface area contributed by atoms with E-state index in [9.17, 15) is 0 Å². The van der Waals surface area contributed by atoms with Crippen LogP contribution in [0.2, 0.25) is 0 Å². The van der Waals surface area contributed by atoms with Crippen LogP contribution in [0.5, 0.6) is 0 Å². The van der Waals surface area contributed by atoms with Crippen LogP contribution in [0, 0.1) is 0 Å². The monoisotopic (exact) mass is 867 g/mol. The van der Waals surface area contributed by atoms with Gasteiger partial charge in [0.2, 0.25) is 0 Å². The van der Waals surface area contributed by atoms with Crippen LogP contribution in [0.15, 0.2) is 258 Å². The Balaban J connectivity index is 1.04. The summed E-state index contributed by atoms with van der Waals surface area (Å²) in [6.45, 7) is 0. The van der Waals surface area contributed by atoms with Crippen LogP contribution < -0.4 is 4.90 Å². The van der Waals surface area contributed by atoms with Gasteiger partial charge in [-0.1, -0.05) is 194 Å². The van der Waals surface area contributed by atoms with Crippen LogP contribution in [0.1, 0.15) is 22.3 Å². The van der Waals surface area contributed by atoms with Gasteiger partial charge >= 0.3 is 0 Å². The van der Waals surface area contributed by atoms with E-state index in [0.717, 1.165) is 88.6 Å². The quantitative estimate of drug-likeness (QED) is 0.160. The molecular formula is C65H41NO2. The van der Waals surface area contributed by atoms with Crippen molar-refractivity contribution in [1.82, 2.24) is 0 Å².